The number of β-amino-alcohol motifs (C(OH)–C–C–N with tert-alkyl or cyclic N) is 1. The van der Waals surface area contributed by atoms with Crippen LogP contribution in [0.5, 0.6) is 5.75 Å². The minimum absolute atomic E-state index is 0.218. The van der Waals surface area contributed by atoms with Crippen LogP contribution in [0.1, 0.15) is 26.9 Å². The molecule has 1 aromatic carbocycles. The third kappa shape index (κ3) is 4.29. The molecule has 0 saturated carbocycles. The largest absolute Gasteiger partial charge is 0.491 e. The van der Waals surface area contributed by atoms with Crippen molar-refractivity contribution in [1.82, 2.24) is 4.90 Å². The monoisotopic (exact) mass is 410 g/mol. The molecule has 4 nitrogen and oxygen atoms in total. The molecule has 0 fully saturated rings. The van der Waals surface area contributed by atoms with Crippen LogP contribution in [0, 0.1) is 11.3 Å². The fraction of sp³-hybridized carbons (Fsp3) is 0.318. The van der Waals surface area contributed by atoms with Crippen molar-refractivity contribution in [3.05, 3.63) is 74.1 Å². The minimum atomic E-state index is -0.568. The molecular weight excluding hydrogens is 388 g/mol. The summed E-state index contributed by atoms with van der Waals surface area (Å²) in [4.78, 5) is 5.14. The SMILES string of the molecule is N#CCc1ccc(OC[C@H](O)CN2CCc3sccc3[C@@H]2c2cccs2)cc1. The lowest BCUT2D eigenvalue weighted by Crippen LogP contribution is -2.41. The zero-order valence-corrected chi connectivity index (χ0v) is 17.1. The Bertz CT molecular complexity index is 928. The Kier molecular flexibility index (Phi) is 6.08. The number of hydrogen-bond acceptors (Lipinski definition) is 6. The van der Waals surface area contributed by atoms with E-state index in [1.165, 1.54) is 15.3 Å². The topological polar surface area (TPSA) is 56.5 Å². The summed E-state index contributed by atoms with van der Waals surface area (Å²) in [6, 6.07) is 16.3. The first kappa shape index (κ1) is 19.2. The number of fused-ring (bicyclic) bond motifs is 1. The van der Waals surface area contributed by atoms with Crippen LogP contribution in [0.3, 0.4) is 0 Å². The van der Waals surface area contributed by atoms with Gasteiger partial charge in [-0.15, -0.1) is 22.7 Å². The van der Waals surface area contributed by atoms with Crippen molar-refractivity contribution in [2.24, 2.45) is 0 Å². The Morgan fingerprint density at radius 1 is 1.18 bits per heavy atom. The van der Waals surface area contributed by atoms with E-state index >= 15 is 0 Å². The molecule has 0 aliphatic carbocycles. The molecule has 1 N–H and O–H groups in total. The molecule has 0 amide bonds. The number of nitrogens with zero attached hydrogens (tertiary/aromatic N) is 2. The van der Waals surface area contributed by atoms with E-state index in [0.29, 0.717) is 18.7 Å². The highest BCUT2D eigenvalue weighted by Gasteiger charge is 2.31. The molecule has 6 heteroatoms. The number of ether oxygens (including phenoxy) is 1. The summed E-state index contributed by atoms with van der Waals surface area (Å²) >= 11 is 3.60. The Hall–Kier alpha value is -2.17. The van der Waals surface area contributed by atoms with Gasteiger partial charge in [0.25, 0.3) is 0 Å². The maximum Gasteiger partial charge on any atom is 0.119 e. The van der Waals surface area contributed by atoms with Crippen LogP contribution in [0.2, 0.25) is 0 Å². The average Bonchev–Trinajstić information content (AvgIpc) is 3.39. The lowest BCUT2D eigenvalue weighted by molar-refractivity contribution is 0.0562. The molecule has 0 radical (unpaired) electrons. The third-order valence-electron chi connectivity index (χ3n) is 4.97. The summed E-state index contributed by atoms with van der Waals surface area (Å²) in [6.45, 7) is 1.77. The van der Waals surface area contributed by atoms with Crippen molar-refractivity contribution in [3.8, 4) is 11.8 Å². The molecule has 0 saturated heterocycles. The van der Waals surface area contributed by atoms with Gasteiger partial charge in [0.15, 0.2) is 0 Å². The lowest BCUT2D eigenvalue weighted by Gasteiger charge is -2.36. The zero-order valence-electron chi connectivity index (χ0n) is 15.5. The van der Waals surface area contributed by atoms with Crippen LogP contribution in [0.25, 0.3) is 0 Å². The molecule has 3 aromatic rings. The predicted molar refractivity (Wildman–Crippen MR) is 113 cm³/mol. The number of aliphatic hydroxyl groups is 1. The second-order valence-electron chi connectivity index (χ2n) is 6.91. The van der Waals surface area contributed by atoms with Gasteiger partial charge in [0.05, 0.1) is 18.5 Å². The molecule has 2 atom stereocenters. The summed E-state index contributed by atoms with van der Waals surface area (Å²) in [6.07, 6.45) is 0.858. The van der Waals surface area contributed by atoms with Gasteiger partial charge in [-0.2, -0.15) is 5.26 Å². The van der Waals surface area contributed by atoms with Crippen molar-refractivity contribution < 1.29 is 9.84 Å². The number of benzene rings is 1. The Morgan fingerprint density at radius 2 is 2.04 bits per heavy atom. The maximum absolute atomic E-state index is 10.6. The second kappa shape index (κ2) is 8.89. The van der Waals surface area contributed by atoms with Crippen LogP contribution < -0.4 is 4.74 Å². The lowest BCUT2D eigenvalue weighted by atomic mass is 9.98. The standard InChI is InChI=1S/C22H22N2O2S2/c23-10-7-16-3-5-18(6-4-16)26-15-17(25)14-24-11-8-20-19(9-13-28-20)22(24)21-2-1-12-27-21/h1-6,9,12-13,17,22,25H,7-8,11,14-15H2/t17-,22-/m1/s1. The highest BCUT2D eigenvalue weighted by atomic mass is 32.1. The van der Waals surface area contributed by atoms with Crippen LogP contribution in [0.15, 0.2) is 53.2 Å². The minimum Gasteiger partial charge on any atom is -0.491 e. The number of nitriles is 1. The Morgan fingerprint density at radius 3 is 2.79 bits per heavy atom. The van der Waals surface area contributed by atoms with Gasteiger partial charge in [-0.3, -0.25) is 4.90 Å². The van der Waals surface area contributed by atoms with Gasteiger partial charge >= 0.3 is 0 Å². The summed E-state index contributed by atoms with van der Waals surface area (Å²) in [5, 5.41) is 23.6. The molecule has 0 bridgehead atoms. The molecule has 1 aliphatic heterocycles. The van der Waals surface area contributed by atoms with Gasteiger partial charge in [0.2, 0.25) is 0 Å². The van der Waals surface area contributed by atoms with Crippen molar-refractivity contribution in [2.75, 3.05) is 19.7 Å². The number of thiophene rings is 2. The van der Waals surface area contributed by atoms with Gasteiger partial charge in [-0.1, -0.05) is 18.2 Å². The van der Waals surface area contributed by atoms with E-state index in [4.69, 9.17) is 10.00 Å². The van der Waals surface area contributed by atoms with E-state index in [1.54, 1.807) is 11.3 Å². The number of hydrogen-bond donors (Lipinski definition) is 1. The van der Waals surface area contributed by atoms with E-state index in [-0.39, 0.29) is 12.6 Å². The highest BCUT2D eigenvalue weighted by Crippen LogP contribution is 2.39. The Balaban J connectivity index is 1.39. The summed E-state index contributed by atoms with van der Waals surface area (Å²) in [5.41, 5.74) is 2.34. The van der Waals surface area contributed by atoms with E-state index in [9.17, 15) is 5.11 Å². The predicted octanol–water partition coefficient (Wildman–Crippen LogP) is 4.26. The van der Waals surface area contributed by atoms with Gasteiger partial charge in [0, 0.05) is 22.8 Å². The summed E-state index contributed by atoms with van der Waals surface area (Å²) in [7, 11) is 0. The normalized spacial score (nSPS) is 17.6. The van der Waals surface area contributed by atoms with Gasteiger partial charge in [-0.05, 0) is 52.6 Å². The number of aliphatic hydroxyl groups excluding tert-OH is 1. The summed E-state index contributed by atoms with van der Waals surface area (Å²) in [5.74, 6) is 0.717. The molecule has 4 rings (SSSR count). The highest BCUT2D eigenvalue weighted by molar-refractivity contribution is 7.10. The molecule has 1 aliphatic rings. The fourth-order valence-corrected chi connectivity index (χ4v) is 5.44. The van der Waals surface area contributed by atoms with E-state index in [0.717, 1.165) is 18.5 Å². The number of rotatable bonds is 7. The molecule has 28 heavy (non-hydrogen) atoms. The first-order chi connectivity index (χ1) is 13.7. The van der Waals surface area contributed by atoms with E-state index in [2.05, 4.69) is 39.9 Å². The van der Waals surface area contributed by atoms with Gasteiger partial charge in [-0.25, -0.2) is 0 Å². The smallest absolute Gasteiger partial charge is 0.119 e. The second-order valence-corrected chi connectivity index (χ2v) is 8.89. The third-order valence-corrected chi connectivity index (χ3v) is 6.89. The van der Waals surface area contributed by atoms with Crippen molar-refractivity contribution in [1.29, 1.82) is 5.26 Å². The first-order valence-electron chi connectivity index (χ1n) is 9.35. The Labute approximate surface area is 173 Å². The fourth-order valence-electron chi connectivity index (χ4n) is 3.66. The van der Waals surface area contributed by atoms with Crippen LogP contribution in [-0.2, 0) is 12.8 Å². The molecule has 144 valence electrons. The molecule has 3 heterocycles. The van der Waals surface area contributed by atoms with Crippen molar-refractivity contribution in [3.63, 3.8) is 0 Å². The molecule has 0 spiro atoms. The van der Waals surface area contributed by atoms with Crippen LogP contribution >= 0.6 is 22.7 Å². The van der Waals surface area contributed by atoms with Gasteiger partial charge in [0.1, 0.15) is 18.5 Å². The van der Waals surface area contributed by atoms with Crippen LogP contribution in [0.4, 0.5) is 0 Å². The quantitative estimate of drug-likeness (QED) is 0.632. The maximum atomic E-state index is 10.6. The zero-order chi connectivity index (χ0) is 19.3. The van der Waals surface area contributed by atoms with E-state index in [1.807, 2.05) is 35.6 Å². The first-order valence-corrected chi connectivity index (χ1v) is 11.1. The molecular formula is C22H22N2O2S2. The van der Waals surface area contributed by atoms with Crippen molar-refractivity contribution in [2.45, 2.75) is 25.0 Å². The summed E-state index contributed by atoms with van der Waals surface area (Å²) < 4.78 is 5.77. The van der Waals surface area contributed by atoms with E-state index < -0.39 is 6.10 Å². The molecule has 0 unspecified atom stereocenters. The van der Waals surface area contributed by atoms with Crippen LogP contribution in [-0.4, -0.2) is 35.8 Å². The average molecular weight is 411 g/mol. The molecule has 2 aromatic heterocycles. The van der Waals surface area contributed by atoms with Gasteiger partial charge < -0.3 is 9.84 Å². The van der Waals surface area contributed by atoms with Crippen molar-refractivity contribution >= 4 is 22.7 Å².